The van der Waals surface area contributed by atoms with Gasteiger partial charge in [0.15, 0.2) is 0 Å². The highest BCUT2D eigenvalue weighted by Gasteiger charge is 2.41. The molecule has 0 radical (unpaired) electrons. The zero-order valence-corrected chi connectivity index (χ0v) is 25.1. The minimum atomic E-state index is -1.08. The first-order valence-corrected chi connectivity index (χ1v) is 15.4. The molecule has 232 valence electrons. The number of amides is 2. The minimum absolute atomic E-state index is 0.0622. The fourth-order valence-electron chi connectivity index (χ4n) is 6.05. The molecule has 44 heavy (non-hydrogen) atoms. The number of aliphatic hydroxyl groups excluding tert-OH is 2. The van der Waals surface area contributed by atoms with Crippen LogP contribution in [0.4, 0.5) is 4.79 Å². The summed E-state index contributed by atoms with van der Waals surface area (Å²) < 4.78 is 10.9. The number of rotatable bonds is 12. The Morgan fingerprint density at radius 2 is 1.75 bits per heavy atom. The first-order chi connectivity index (χ1) is 21.3. The smallest absolute Gasteiger partial charge is 0.407 e. The number of aliphatic hydroxyl groups is 2. The van der Waals surface area contributed by atoms with E-state index in [0.717, 1.165) is 22.3 Å². The highest BCUT2D eigenvalue weighted by Crippen LogP contribution is 2.35. The van der Waals surface area contributed by atoms with Crippen molar-refractivity contribution in [3.63, 3.8) is 0 Å². The third kappa shape index (κ3) is 8.14. The van der Waals surface area contributed by atoms with Crippen molar-refractivity contribution < 1.29 is 29.3 Å². The lowest BCUT2D eigenvalue weighted by Crippen LogP contribution is -2.50. The summed E-state index contributed by atoms with van der Waals surface area (Å²) in [5.74, 6) is -0.279. The molecule has 1 unspecified atom stereocenters. The molecule has 5 rings (SSSR count). The molecular formula is C36H42N2O6. The van der Waals surface area contributed by atoms with Gasteiger partial charge in [-0.05, 0) is 41.5 Å². The van der Waals surface area contributed by atoms with Crippen LogP contribution in [-0.2, 0) is 27.1 Å². The SMILES string of the molecule is C[C@@](CC=Cc1ccccc1)(C[C@H](O)[C@H](Cc1ccccc1)NC(=O)OC1CCOC1)C(=O)N[C@H]1c2ccccc2C[C@H]1O. The van der Waals surface area contributed by atoms with Crippen molar-refractivity contribution in [2.75, 3.05) is 13.2 Å². The normalized spacial score (nSPS) is 22.1. The van der Waals surface area contributed by atoms with Crippen LogP contribution < -0.4 is 10.6 Å². The largest absolute Gasteiger partial charge is 0.444 e. The van der Waals surface area contributed by atoms with Crippen LogP contribution in [0.3, 0.4) is 0 Å². The lowest BCUT2D eigenvalue weighted by molar-refractivity contribution is -0.133. The molecule has 1 aliphatic carbocycles. The minimum Gasteiger partial charge on any atom is -0.444 e. The summed E-state index contributed by atoms with van der Waals surface area (Å²) in [6, 6.07) is 25.9. The van der Waals surface area contributed by atoms with Crippen molar-refractivity contribution in [2.45, 2.75) is 69.4 Å². The van der Waals surface area contributed by atoms with Gasteiger partial charge in [-0.25, -0.2) is 4.79 Å². The zero-order chi connectivity index (χ0) is 30.9. The van der Waals surface area contributed by atoms with Crippen LogP contribution in [0, 0.1) is 5.41 Å². The summed E-state index contributed by atoms with van der Waals surface area (Å²) >= 11 is 0. The summed E-state index contributed by atoms with van der Waals surface area (Å²) in [5, 5.41) is 28.5. The molecule has 2 aliphatic rings. The van der Waals surface area contributed by atoms with Crippen LogP contribution in [0.1, 0.15) is 54.5 Å². The van der Waals surface area contributed by atoms with Gasteiger partial charge < -0.3 is 30.3 Å². The van der Waals surface area contributed by atoms with Crippen LogP contribution in [0.15, 0.2) is 91.0 Å². The van der Waals surface area contributed by atoms with E-state index in [2.05, 4.69) is 10.6 Å². The van der Waals surface area contributed by atoms with Crippen molar-refractivity contribution >= 4 is 18.1 Å². The van der Waals surface area contributed by atoms with E-state index < -0.39 is 35.8 Å². The van der Waals surface area contributed by atoms with Crippen LogP contribution in [0.2, 0.25) is 0 Å². The lowest BCUT2D eigenvalue weighted by Gasteiger charge is -2.34. The Balaban J connectivity index is 1.36. The fraction of sp³-hybridized carbons (Fsp3) is 0.389. The Bertz CT molecular complexity index is 1410. The highest BCUT2D eigenvalue weighted by atomic mass is 16.6. The number of hydrogen-bond acceptors (Lipinski definition) is 6. The van der Waals surface area contributed by atoms with E-state index in [0.29, 0.717) is 38.9 Å². The van der Waals surface area contributed by atoms with Crippen molar-refractivity contribution in [3.8, 4) is 0 Å². The van der Waals surface area contributed by atoms with Gasteiger partial charge in [-0.2, -0.15) is 0 Å². The maximum atomic E-state index is 14.1. The predicted molar refractivity (Wildman–Crippen MR) is 169 cm³/mol. The Morgan fingerprint density at radius 1 is 1.05 bits per heavy atom. The van der Waals surface area contributed by atoms with Crippen LogP contribution in [0.25, 0.3) is 6.08 Å². The molecule has 0 aromatic heterocycles. The highest BCUT2D eigenvalue weighted by molar-refractivity contribution is 5.83. The maximum Gasteiger partial charge on any atom is 0.407 e. The van der Waals surface area contributed by atoms with Crippen LogP contribution in [0.5, 0.6) is 0 Å². The Hall–Kier alpha value is -3.98. The topological polar surface area (TPSA) is 117 Å². The van der Waals surface area contributed by atoms with E-state index in [1.807, 2.05) is 104 Å². The van der Waals surface area contributed by atoms with Crippen molar-refractivity contribution in [1.29, 1.82) is 0 Å². The standard InChI is InChI=1S/C36H42N2O6/c1-36(19-10-15-25-11-4-2-5-12-25,34(41)38-33-29-17-9-8-16-27(29)22-31(33)39)23-32(40)30(21-26-13-6-3-7-14-26)37-35(42)44-28-18-20-43-24-28/h2-17,28,30-33,39-40H,18-24H2,1H3,(H,37,42)(H,38,41)/t28?,30-,31+,32-,33-,36+/m0/s1. The van der Waals surface area contributed by atoms with Crippen LogP contribution in [-0.4, -0.2) is 59.8 Å². The van der Waals surface area contributed by atoms with Crippen LogP contribution >= 0.6 is 0 Å². The predicted octanol–water partition coefficient (Wildman–Crippen LogP) is 4.75. The first-order valence-electron chi connectivity index (χ1n) is 15.4. The molecule has 8 nitrogen and oxygen atoms in total. The third-order valence-electron chi connectivity index (χ3n) is 8.60. The summed E-state index contributed by atoms with van der Waals surface area (Å²) in [6.07, 6.45) is 2.95. The second-order valence-corrected chi connectivity index (χ2v) is 12.1. The molecule has 2 amide bonds. The number of fused-ring (bicyclic) bond motifs is 1. The summed E-state index contributed by atoms with van der Waals surface area (Å²) in [4.78, 5) is 27.0. The number of carbonyl (C=O) groups excluding carboxylic acids is 2. The molecule has 8 heteroatoms. The maximum absolute atomic E-state index is 14.1. The molecule has 0 spiro atoms. The Morgan fingerprint density at radius 3 is 2.48 bits per heavy atom. The molecule has 4 N–H and O–H groups in total. The molecule has 1 heterocycles. The summed E-state index contributed by atoms with van der Waals surface area (Å²) in [5.41, 5.74) is 2.77. The average Bonchev–Trinajstić information content (AvgIpc) is 3.65. The van der Waals surface area contributed by atoms with E-state index in [1.165, 1.54) is 0 Å². The van der Waals surface area contributed by atoms with Gasteiger partial charge in [0.1, 0.15) is 6.10 Å². The monoisotopic (exact) mass is 598 g/mol. The molecule has 6 atom stereocenters. The zero-order valence-electron chi connectivity index (χ0n) is 25.1. The number of benzene rings is 3. The fourth-order valence-corrected chi connectivity index (χ4v) is 6.05. The Labute approximate surface area is 259 Å². The molecule has 3 aromatic rings. The number of hydrogen-bond donors (Lipinski definition) is 4. The number of ether oxygens (including phenoxy) is 2. The summed E-state index contributed by atoms with van der Waals surface area (Å²) in [6.45, 7) is 2.71. The van der Waals surface area contributed by atoms with Gasteiger partial charge in [-0.3, -0.25) is 4.79 Å². The average molecular weight is 599 g/mol. The molecular weight excluding hydrogens is 556 g/mol. The van der Waals surface area contributed by atoms with Gasteiger partial charge in [0.2, 0.25) is 5.91 Å². The van der Waals surface area contributed by atoms with E-state index in [9.17, 15) is 19.8 Å². The first kappa shape index (κ1) is 31.4. The number of carbonyl (C=O) groups is 2. The number of nitrogens with one attached hydrogen (secondary N) is 2. The summed E-state index contributed by atoms with van der Waals surface area (Å²) in [7, 11) is 0. The van der Waals surface area contributed by atoms with E-state index in [4.69, 9.17) is 9.47 Å². The lowest BCUT2D eigenvalue weighted by atomic mass is 9.77. The van der Waals surface area contributed by atoms with Gasteiger partial charge in [-0.15, -0.1) is 0 Å². The molecule has 1 saturated heterocycles. The van der Waals surface area contributed by atoms with Gasteiger partial charge in [0.05, 0.1) is 42.9 Å². The molecule has 0 saturated carbocycles. The molecule has 3 aromatic carbocycles. The second kappa shape index (κ2) is 14.7. The molecule has 1 aliphatic heterocycles. The van der Waals surface area contributed by atoms with Gasteiger partial charge in [0.25, 0.3) is 0 Å². The number of alkyl carbamates (subject to hydrolysis) is 1. The van der Waals surface area contributed by atoms with Gasteiger partial charge in [0, 0.05) is 12.8 Å². The van der Waals surface area contributed by atoms with Crippen molar-refractivity contribution in [1.82, 2.24) is 10.6 Å². The Kier molecular flexibility index (Phi) is 10.5. The third-order valence-corrected chi connectivity index (χ3v) is 8.60. The molecule has 1 fully saturated rings. The van der Waals surface area contributed by atoms with Gasteiger partial charge >= 0.3 is 6.09 Å². The van der Waals surface area contributed by atoms with E-state index in [-0.39, 0.29) is 18.4 Å². The van der Waals surface area contributed by atoms with E-state index in [1.54, 1.807) is 0 Å². The van der Waals surface area contributed by atoms with Gasteiger partial charge in [-0.1, -0.05) is 104 Å². The van der Waals surface area contributed by atoms with E-state index >= 15 is 0 Å². The van der Waals surface area contributed by atoms with Crippen molar-refractivity contribution in [2.24, 2.45) is 5.41 Å². The second-order valence-electron chi connectivity index (χ2n) is 12.1. The van der Waals surface area contributed by atoms with Crippen molar-refractivity contribution in [3.05, 3.63) is 113 Å². The number of allylic oxidation sites excluding steroid dienone is 1. The quantitative estimate of drug-likeness (QED) is 0.239. The molecule has 0 bridgehead atoms.